The Morgan fingerprint density at radius 3 is 2.59 bits per heavy atom. The van der Waals surface area contributed by atoms with Gasteiger partial charge in [0.15, 0.2) is 6.61 Å². The van der Waals surface area contributed by atoms with E-state index >= 15 is 0 Å². The second-order valence-electron chi connectivity index (χ2n) is 6.37. The highest BCUT2D eigenvalue weighted by molar-refractivity contribution is 8.18. The van der Waals surface area contributed by atoms with Gasteiger partial charge in [-0.2, -0.15) is 0 Å². The number of non-ortho nitro benzene ring substituents is 1. The van der Waals surface area contributed by atoms with E-state index in [0.717, 1.165) is 16.7 Å². The molecule has 2 aromatic rings. The quantitative estimate of drug-likeness (QED) is 0.332. The zero-order valence-corrected chi connectivity index (χ0v) is 18.6. The Morgan fingerprint density at radius 1 is 1.19 bits per heavy atom. The van der Waals surface area contributed by atoms with Crippen molar-refractivity contribution in [2.24, 2.45) is 0 Å². The molecule has 0 aliphatic carbocycles. The number of imide groups is 1. The lowest BCUT2D eigenvalue weighted by Gasteiger charge is -2.13. The molecule has 0 spiro atoms. The molecule has 1 aliphatic rings. The number of carbonyl (C=O) groups is 3. The number of hydrogen-bond donors (Lipinski definition) is 1. The fraction of sp³-hybridized carbons (Fsp3) is 0.150. The van der Waals surface area contributed by atoms with Crippen LogP contribution in [0.1, 0.15) is 5.56 Å². The number of nitro benzene ring substituents is 1. The lowest BCUT2D eigenvalue weighted by atomic mass is 10.2. The highest BCUT2D eigenvalue weighted by atomic mass is 35.5. The van der Waals surface area contributed by atoms with Gasteiger partial charge in [-0.25, -0.2) is 0 Å². The van der Waals surface area contributed by atoms with Crippen molar-refractivity contribution >= 4 is 63.8 Å². The molecule has 3 amide bonds. The molecule has 0 bridgehead atoms. The van der Waals surface area contributed by atoms with Crippen molar-refractivity contribution in [2.75, 3.05) is 19.7 Å². The van der Waals surface area contributed by atoms with Crippen LogP contribution in [0.2, 0.25) is 10.0 Å². The summed E-state index contributed by atoms with van der Waals surface area (Å²) >= 11 is 12.9. The first-order valence-corrected chi connectivity index (χ1v) is 10.7. The third-order valence-corrected chi connectivity index (χ3v) is 5.96. The molecule has 9 nitrogen and oxygen atoms in total. The summed E-state index contributed by atoms with van der Waals surface area (Å²) in [5, 5.41) is 13.3. The minimum absolute atomic E-state index is 0.0193. The normalized spacial score (nSPS) is 14.7. The highest BCUT2D eigenvalue weighted by Gasteiger charge is 2.34. The number of amides is 3. The van der Waals surface area contributed by atoms with Gasteiger partial charge < -0.3 is 10.1 Å². The zero-order chi connectivity index (χ0) is 23.3. The molecule has 0 unspecified atom stereocenters. The van der Waals surface area contributed by atoms with Crippen LogP contribution in [-0.4, -0.2) is 46.6 Å². The lowest BCUT2D eigenvalue weighted by Crippen LogP contribution is -2.38. The van der Waals surface area contributed by atoms with Crippen molar-refractivity contribution < 1.29 is 24.0 Å². The molecule has 1 N–H and O–H groups in total. The average molecular weight is 496 g/mol. The zero-order valence-electron chi connectivity index (χ0n) is 16.2. The minimum atomic E-state index is -0.542. The SMILES string of the molecule is O=C(COc1ccc([N+](=O)[O-])cc1)NCCN1C(=O)S/C(=C\c2cccc(Cl)c2Cl)C1=O. The van der Waals surface area contributed by atoms with Gasteiger partial charge in [0.1, 0.15) is 5.75 Å². The fourth-order valence-corrected chi connectivity index (χ4v) is 3.86. The summed E-state index contributed by atoms with van der Waals surface area (Å²) in [6.45, 7) is -0.312. The molecule has 2 aromatic carbocycles. The van der Waals surface area contributed by atoms with Crippen molar-refractivity contribution in [3.05, 3.63) is 73.1 Å². The largest absolute Gasteiger partial charge is 0.484 e. The van der Waals surface area contributed by atoms with Gasteiger partial charge in [0.05, 0.1) is 19.9 Å². The molecule has 0 radical (unpaired) electrons. The minimum Gasteiger partial charge on any atom is -0.484 e. The van der Waals surface area contributed by atoms with E-state index in [4.69, 9.17) is 27.9 Å². The fourth-order valence-electron chi connectivity index (χ4n) is 2.64. The van der Waals surface area contributed by atoms with Crippen LogP contribution in [0.3, 0.4) is 0 Å². The van der Waals surface area contributed by atoms with Gasteiger partial charge in [0.2, 0.25) is 0 Å². The number of hydrogen-bond acceptors (Lipinski definition) is 7. The second kappa shape index (κ2) is 10.5. The smallest absolute Gasteiger partial charge is 0.293 e. The first kappa shape index (κ1) is 23.6. The maximum Gasteiger partial charge on any atom is 0.293 e. The topological polar surface area (TPSA) is 119 Å². The third kappa shape index (κ3) is 5.78. The predicted octanol–water partition coefficient (Wildman–Crippen LogP) is 4.13. The van der Waals surface area contributed by atoms with Gasteiger partial charge in [-0.15, -0.1) is 0 Å². The lowest BCUT2D eigenvalue weighted by molar-refractivity contribution is -0.384. The van der Waals surface area contributed by atoms with Gasteiger partial charge in [-0.05, 0) is 41.6 Å². The van der Waals surface area contributed by atoms with E-state index in [0.29, 0.717) is 16.3 Å². The molecular formula is C20H15Cl2N3O6S. The third-order valence-electron chi connectivity index (χ3n) is 4.22. The van der Waals surface area contributed by atoms with Crippen molar-refractivity contribution in [3.8, 4) is 5.75 Å². The number of rotatable bonds is 8. The predicted molar refractivity (Wildman–Crippen MR) is 121 cm³/mol. The van der Waals surface area contributed by atoms with Crippen LogP contribution in [0.4, 0.5) is 10.5 Å². The molecule has 3 rings (SSSR count). The molecule has 12 heteroatoms. The van der Waals surface area contributed by atoms with Crippen molar-refractivity contribution in [1.29, 1.82) is 0 Å². The van der Waals surface area contributed by atoms with E-state index in [1.165, 1.54) is 30.3 Å². The van der Waals surface area contributed by atoms with Crippen molar-refractivity contribution in [1.82, 2.24) is 10.2 Å². The maximum absolute atomic E-state index is 12.5. The second-order valence-corrected chi connectivity index (χ2v) is 8.14. The van der Waals surface area contributed by atoms with E-state index in [1.807, 2.05) is 0 Å². The summed E-state index contributed by atoms with van der Waals surface area (Å²) in [6, 6.07) is 10.2. The molecule has 32 heavy (non-hydrogen) atoms. The summed E-state index contributed by atoms with van der Waals surface area (Å²) in [7, 11) is 0. The van der Waals surface area contributed by atoms with Crippen LogP contribution in [0, 0.1) is 10.1 Å². The average Bonchev–Trinajstić information content (AvgIpc) is 3.03. The number of nitrogens with one attached hydrogen (secondary N) is 1. The van der Waals surface area contributed by atoms with Crippen LogP contribution in [0.5, 0.6) is 5.75 Å². The van der Waals surface area contributed by atoms with E-state index < -0.39 is 22.0 Å². The first-order chi connectivity index (χ1) is 15.3. The monoisotopic (exact) mass is 495 g/mol. The first-order valence-electron chi connectivity index (χ1n) is 9.09. The van der Waals surface area contributed by atoms with Crippen molar-refractivity contribution in [3.63, 3.8) is 0 Å². The van der Waals surface area contributed by atoms with Gasteiger partial charge in [0, 0.05) is 25.2 Å². The van der Waals surface area contributed by atoms with E-state index in [1.54, 1.807) is 18.2 Å². The Labute approximate surface area is 196 Å². The number of nitrogens with zero attached hydrogens (tertiary/aromatic N) is 2. The Kier molecular flexibility index (Phi) is 7.73. The van der Waals surface area contributed by atoms with Crippen LogP contribution >= 0.6 is 35.0 Å². The molecule has 1 aliphatic heterocycles. The highest BCUT2D eigenvalue weighted by Crippen LogP contribution is 2.34. The molecule has 0 saturated carbocycles. The number of thioether (sulfide) groups is 1. The summed E-state index contributed by atoms with van der Waals surface area (Å²) in [5.41, 5.74) is 0.423. The Balaban J connectivity index is 1.49. The van der Waals surface area contributed by atoms with Crippen LogP contribution in [0.25, 0.3) is 6.08 Å². The molecule has 1 saturated heterocycles. The molecule has 0 atom stereocenters. The number of halogens is 2. The standard InChI is InChI=1S/C20H15Cl2N3O6S/c21-15-3-1-2-12(18(15)22)10-16-19(27)24(20(28)32-16)9-8-23-17(26)11-31-14-6-4-13(5-7-14)25(29)30/h1-7,10H,8-9,11H2,(H,23,26)/b16-10-. The number of carbonyl (C=O) groups excluding carboxylic acids is 3. The van der Waals surface area contributed by atoms with E-state index in [9.17, 15) is 24.5 Å². The number of ether oxygens (including phenoxy) is 1. The van der Waals surface area contributed by atoms with E-state index in [2.05, 4.69) is 5.32 Å². The van der Waals surface area contributed by atoms with E-state index in [-0.39, 0.29) is 35.3 Å². The van der Waals surface area contributed by atoms with Crippen LogP contribution in [-0.2, 0) is 9.59 Å². The van der Waals surface area contributed by atoms with Crippen LogP contribution < -0.4 is 10.1 Å². The van der Waals surface area contributed by atoms with Gasteiger partial charge >= 0.3 is 0 Å². The molecule has 1 fully saturated rings. The maximum atomic E-state index is 12.5. The van der Waals surface area contributed by atoms with Crippen LogP contribution in [0.15, 0.2) is 47.4 Å². The van der Waals surface area contributed by atoms with Gasteiger partial charge in [0.25, 0.3) is 22.7 Å². The Hall–Kier alpha value is -3.08. The number of benzene rings is 2. The van der Waals surface area contributed by atoms with Gasteiger partial charge in [-0.3, -0.25) is 29.4 Å². The molecule has 0 aromatic heterocycles. The summed E-state index contributed by atoms with van der Waals surface area (Å²) in [4.78, 5) is 47.9. The molecule has 1 heterocycles. The summed E-state index contributed by atoms with van der Waals surface area (Å²) in [5.74, 6) is -0.675. The molecular weight excluding hydrogens is 481 g/mol. The van der Waals surface area contributed by atoms with Crippen molar-refractivity contribution in [2.45, 2.75) is 0 Å². The summed E-state index contributed by atoms with van der Waals surface area (Å²) in [6.07, 6.45) is 1.50. The summed E-state index contributed by atoms with van der Waals surface area (Å²) < 4.78 is 5.25. The molecule has 166 valence electrons. The Bertz CT molecular complexity index is 1110. The number of nitro groups is 1. The Morgan fingerprint density at radius 2 is 1.91 bits per heavy atom. The van der Waals surface area contributed by atoms with Gasteiger partial charge in [-0.1, -0.05) is 35.3 Å².